The van der Waals surface area contributed by atoms with Gasteiger partial charge in [0.15, 0.2) is 0 Å². The van der Waals surface area contributed by atoms with Gasteiger partial charge in [0.05, 0.1) is 13.8 Å². The number of fused-ring (bicyclic) bond motifs is 2. The van der Waals surface area contributed by atoms with Crippen LogP contribution in [0.15, 0.2) is 109 Å². The van der Waals surface area contributed by atoms with Gasteiger partial charge in [-0.15, -0.1) is 11.3 Å². The number of rotatable bonds is 4. The second-order valence-corrected chi connectivity index (χ2v) is 16.3. The van der Waals surface area contributed by atoms with Crippen molar-refractivity contribution in [3.63, 3.8) is 0 Å². The van der Waals surface area contributed by atoms with Crippen LogP contribution >= 0.6 is 11.3 Å². The number of thiophene rings is 1. The first kappa shape index (κ1) is 22.0. The summed E-state index contributed by atoms with van der Waals surface area (Å²) < 4.78 is 1.32. The van der Waals surface area contributed by atoms with Gasteiger partial charge in [-0.3, -0.25) is 4.98 Å². The molecule has 0 amide bonds. The minimum absolute atomic E-state index is 1.05. The average molecular weight is 486 g/mol. The number of hydrogen-bond donors (Lipinski definition) is 0. The lowest BCUT2D eigenvalue weighted by Gasteiger charge is -2.18. The summed E-state index contributed by atoms with van der Waals surface area (Å²) in [6.45, 7) is 7.20. The standard InChI is InChI=1S/C32H27NSSi/c1-35(2,3)27-14-15-28-24(19-27)16-17-33-31(28)25-18-26-21-30(23-12-8-5-9-13-23)34-32(26)29(20-25)22-10-6-4-7-11-22/h4-21H,1-3H3. The largest absolute Gasteiger partial charge is 0.256 e. The molecule has 1 nitrogen and oxygen atoms in total. The Morgan fingerprint density at radius 1 is 0.629 bits per heavy atom. The lowest BCUT2D eigenvalue weighted by molar-refractivity contribution is 1.36. The lowest BCUT2D eigenvalue weighted by atomic mass is 9.97. The fourth-order valence-electron chi connectivity index (χ4n) is 4.74. The van der Waals surface area contributed by atoms with E-state index < -0.39 is 8.07 Å². The Hall–Kier alpha value is -3.53. The summed E-state index contributed by atoms with van der Waals surface area (Å²) in [6, 6.07) is 37.5. The van der Waals surface area contributed by atoms with E-state index in [1.165, 1.54) is 53.2 Å². The van der Waals surface area contributed by atoms with Gasteiger partial charge in [-0.1, -0.05) is 104 Å². The van der Waals surface area contributed by atoms with Crippen LogP contribution in [0.2, 0.25) is 19.6 Å². The molecule has 3 heteroatoms. The van der Waals surface area contributed by atoms with Crippen molar-refractivity contribution in [1.82, 2.24) is 4.98 Å². The summed E-state index contributed by atoms with van der Waals surface area (Å²) in [4.78, 5) is 6.18. The van der Waals surface area contributed by atoms with Crippen molar-refractivity contribution in [1.29, 1.82) is 0 Å². The molecule has 4 aromatic carbocycles. The maximum atomic E-state index is 4.89. The molecular weight excluding hydrogens is 459 g/mol. The Balaban J connectivity index is 1.60. The van der Waals surface area contributed by atoms with Gasteiger partial charge in [0.2, 0.25) is 0 Å². The molecule has 0 aliphatic heterocycles. The van der Waals surface area contributed by atoms with E-state index in [1.54, 1.807) is 0 Å². The predicted octanol–water partition coefficient (Wildman–Crippen LogP) is 9.00. The molecule has 2 aromatic heterocycles. The second kappa shape index (κ2) is 8.60. The average Bonchev–Trinajstić information content (AvgIpc) is 3.32. The van der Waals surface area contributed by atoms with Gasteiger partial charge in [-0.05, 0) is 46.2 Å². The zero-order valence-corrected chi connectivity index (χ0v) is 22.1. The number of benzene rings is 4. The molecule has 6 rings (SSSR count). The fourth-order valence-corrected chi connectivity index (χ4v) is 7.10. The van der Waals surface area contributed by atoms with Crippen LogP contribution < -0.4 is 5.19 Å². The Kier molecular flexibility index (Phi) is 5.40. The highest BCUT2D eigenvalue weighted by Gasteiger charge is 2.18. The summed E-state index contributed by atoms with van der Waals surface area (Å²) in [7, 11) is -1.39. The molecule has 0 radical (unpaired) electrons. The molecule has 0 bridgehead atoms. The van der Waals surface area contributed by atoms with Crippen LogP contribution in [0.3, 0.4) is 0 Å². The zero-order valence-electron chi connectivity index (χ0n) is 20.2. The molecule has 170 valence electrons. The van der Waals surface area contributed by atoms with Gasteiger partial charge < -0.3 is 0 Å². The normalized spacial score (nSPS) is 11.9. The highest BCUT2D eigenvalue weighted by Crippen LogP contribution is 2.42. The minimum Gasteiger partial charge on any atom is -0.256 e. The maximum absolute atomic E-state index is 4.89. The highest BCUT2D eigenvalue weighted by molar-refractivity contribution is 7.22. The van der Waals surface area contributed by atoms with Crippen molar-refractivity contribution < 1.29 is 0 Å². The van der Waals surface area contributed by atoms with Crippen molar-refractivity contribution in [3.05, 3.63) is 109 Å². The number of pyridine rings is 1. The summed E-state index contributed by atoms with van der Waals surface area (Å²) in [6.07, 6.45) is 1.96. The molecule has 0 spiro atoms. The monoisotopic (exact) mass is 485 g/mol. The van der Waals surface area contributed by atoms with Crippen LogP contribution in [-0.4, -0.2) is 13.1 Å². The molecule has 0 saturated carbocycles. The van der Waals surface area contributed by atoms with E-state index in [4.69, 9.17) is 4.98 Å². The van der Waals surface area contributed by atoms with Crippen LogP contribution in [0.4, 0.5) is 0 Å². The maximum Gasteiger partial charge on any atom is 0.0780 e. The molecule has 0 aliphatic carbocycles. The first-order chi connectivity index (χ1) is 17.0. The van der Waals surface area contributed by atoms with Crippen molar-refractivity contribution in [2.24, 2.45) is 0 Å². The molecular formula is C32H27NSSi. The molecule has 6 aromatic rings. The van der Waals surface area contributed by atoms with E-state index in [0.717, 1.165) is 5.69 Å². The van der Waals surface area contributed by atoms with Gasteiger partial charge in [0, 0.05) is 32.3 Å². The van der Waals surface area contributed by atoms with Crippen molar-refractivity contribution >= 4 is 45.5 Å². The van der Waals surface area contributed by atoms with Gasteiger partial charge in [-0.25, -0.2) is 0 Å². The van der Waals surface area contributed by atoms with Crippen LogP contribution in [-0.2, 0) is 0 Å². The van der Waals surface area contributed by atoms with Gasteiger partial charge in [0.25, 0.3) is 0 Å². The number of hydrogen-bond acceptors (Lipinski definition) is 2. The fraction of sp³-hybridized carbons (Fsp3) is 0.0938. The van der Waals surface area contributed by atoms with Gasteiger partial charge >= 0.3 is 0 Å². The third-order valence-electron chi connectivity index (χ3n) is 6.66. The molecule has 2 heterocycles. The van der Waals surface area contributed by atoms with Crippen LogP contribution in [0.1, 0.15) is 0 Å². The summed E-state index contributed by atoms with van der Waals surface area (Å²) in [5.74, 6) is 0. The Bertz CT molecular complexity index is 1660. The molecule has 0 atom stereocenters. The Morgan fingerprint density at radius 2 is 1.34 bits per heavy atom. The highest BCUT2D eigenvalue weighted by atomic mass is 32.1. The summed E-state index contributed by atoms with van der Waals surface area (Å²) in [5.41, 5.74) is 5.98. The van der Waals surface area contributed by atoms with E-state index in [2.05, 4.69) is 123 Å². The first-order valence-corrected chi connectivity index (χ1v) is 16.4. The zero-order chi connectivity index (χ0) is 24.0. The van der Waals surface area contributed by atoms with Gasteiger partial charge in [-0.2, -0.15) is 0 Å². The summed E-state index contributed by atoms with van der Waals surface area (Å²) in [5, 5.41) is 5.23. The molecule has 35 heavy (non-hydrogen) atoms. The van der Waals surface area contributed by atoms with E-state index in [1.807, 2.05) is 17.5 Å². The molecule has 0 aliphatic rings. The van der Waals surface area contributed by atoms with Gasteiger partial charge in [0.1, 0.15) is 0 Å². The third-order valence-corrected chi connectivity index (χ3v) is 9.94. The van der Waals surface area contributed by atoms with Crippen molar-refractivity contribution in [2.75, 3.05) is 0 Å². The number of nitrogens with zero attached hydrogens (tertiary/aromatic N) is 1. The van der Waals surface area contributed by atoms with Crippen molar-refractivity contribution in [3.8, 4) is 32.8 Å². The topological polar surface area (TPSA) is 12.9 Å². The molecule has 0 unspecified atom stereocenters. The van der Waals surface area contributed by atoms with E-state index in [-0.39, 0.29) is 0 Å². The molecule has 0 saturated heterocycles. The van der Waals surface area contributed by atoms with Crippen molar-refractivity contribution in [2.45, 2.75) is 19.6 Å². The molecule has 0 N–H and O–H groups in total. The van der Waals surface area contributed by atoms with E-state index in [0.29, 0.717) is 0 Å². The predicted molar refractivity (Wildman–Crippen MR) is 156 cm³/mol. The number of aromatic nitrogens is 1. The van der Waals surface area contributed by atoms with E-state index in [9.17, 15) is 0 Å². The Morgan fingerprint density at radius 3 is 2.06 bits per heavy atom. The first-order valence-electron chi connectivity index (χ1n) is 12.1. The van der Waals surface area contributed by atoms with Crippen LogP contribution in [0.25, 0.3) is 53.7 Å². The SMILES string of the molecule is C[Si](C)(C)c1ccc2c(-c3cc(-c4ccccc4)c4sc(-c5ccccc5)cc4c3)nccc2c1. The minimum atomic E-state index is -1.39. The lowest BCUT2D eigenvalue weighted by Crippen LogP contribution is -2.37. The van der Waals surface area contributed by atoms with E-state index >= 15 is 0 Å². The second-order valence-electron chi connectivity index (χ2n) is 10.1. The quantitative estimate of drug-likeness (QED) is 0.227. The van der Waals surface area contributed by atoms with Crippen LogP contribution in [0.5, 0.6) is 0 Å². The summed E-state index contributed by atoms with van der Waals surface area (Å²) >= 11 is 1.87. The smallest absolute Gasteiger partial charge is 0.0780 e. The van der Waals surface area contributed by atoms with Crippen LogP contribution in [0, 0.1) is 0 Å². The molecule has 0 fully saturated rings. The Labute approximate surface area is 211 Å². The third kappa shape index (κ3) is 4.11.